The van der Waals surface area contributed by atoms with Crippen LogP contribution in [0.25, 0.3) is 0 Å². The van der Waals surface area contributed by atoms with Crippen molar-refractivity contribution in [3.63, 3.8) is 0 Å². The number of hydrogen-bond acceptors (Lipinski definition) is 3. The van der Waals surface area contributed by atoms with E-state index in [1.807, 2.05) is 32.0 Å². The molecular formula is C13H16ClNO3S. The van der Waals surface area contributed by atoms with Crippen LogP contribution in [0.15, 0.2) is 18.2 Å². The Kier molecular flexibility index (Phi) is 3.87. The average Bonchev–Trinajstić information content (AvgIpc) is 2.56. The summed E-state index contributed by atoms with van der Waals surface area (Å²) in [6, 6.07) is 5.83. The summed E-state index contributed by atoms with van der Waals surface area (Å²) < 4.78 is 22.2. The van der Waals surface area contributed by atoms with Crippen molar-refractivity contribution in [1.29, 1.82) is 0 Å². The van der Waals surface area contributed by atoms with Crippen LogP contribution in [-0.4, -0.2) is 26.6 Å². The van der Waals surface area contributed by atoms with Crippen LogP contribution < -0.4 is 4.90 Å². The molecule has 1 heterocycles. The molecule has 1 aliphatic heterocycles. The molecule has 1 aromatic rings. The van der Waals surface area contributed by atoms with Crippen molar-refractivity contribution in [1.82, 2.24) is 0 Å². The third-order valence-corrected chi connectivity index (χ3v) is 4.60. The molecule has 1 aromatic carbocycles. The van der Waals surface area contributed by atoms with Crippen molar-refractivity contribution >= 4 is 31.3 Å². The lowest BCUT2D eigenvalue weighted by Gasteiger charge is -2.21. The zero-order chi connectivity index (χ0) is 14.2. The highest BCUT2D eigenvalue weighted by Gasteiger charge is 2.34. The van der Waals surface area contributed by atoms with Gasteiger partial charge in [0.15, 0.2) is 0 Å². The van der Waals surface area contributed by atoms with E-state index in [9.17, 15) is 13.2 Å². The molecule has 0 bridgehead atoms. The summed E-state index contributed by atoms with van der Waals surface area (Å²) in [6.45, 7) is 4.30. The van der Waals surface area contributed by atoms with Crippen LogP contribution in [-0.2, 0) is 13.8 Å². The standard InChI is InChI=1S/C13H16ClNO3S/c1-9-4-3-5-10(2)13(9)15-7-11(6-12(15)16)8-19(14,17)18/h3-5,11H,6-8H2,1-2H3. The summed E-state index contributed by atoms with van der Waals surface area (Å²) in [7, 11) is 1.70. The van der Waals surface area contributed by atoms with Crippen molar-refractivity contribution in [3.8, 4) is 0 Å². The highest BCUT2D eigenvalue weighted by molar-refractivity contribution is 8.13. The SMILES string of the molecule is Cc1cccc(C)c1N1CC(CS(=O)(=O)Cl)CC1=O. The first-order valence-corrected chi connectivity index (χ1v) is 8.54. The summed E-state index contributed by atoms with van der Waals surface area (Å²) >= 11 is 0. The zero-order valence-corrected chi connectivity index (χ0v) is 12.5. The van der Waals surface area contributed by atoms with E-state index >= 15 is 0 Å². The fourth-order valence-electron chi connectivity index (χ4n) is 2.62. The molecule has 0 radical (unpaired) electrons. The normalized spacial score (nSPS) is 20.1. The maximum Gasteiger partial charge on any atom is 0.232 e. The average molecular weight is 302 g/mol. The van der Waals surface area contributed by atoms with E-state index in [4.69, 9.17) is 10.7 Å². The fraction of sp³-hybridized carbons (Fsp3) is 0.462. The van der Waals surface area contributed by atoms with Crippen molar-refractivity contribution in [2.45, 2.75) is 20.3 Å². The van der Waals surface area contributed by atoms with E-state index < -0.39 is 9.05 Å². The van der Waals surface area contributed by atoms with E-state index in [0.717, 1.165) is 16.8 Å². The highest BCUT2D eigenvalue weighted by atomic mass is 35.7. The summed E-state index contributed by atoms with van der Waals surface area (Å²) in [6.07, 6.45) is 0.236. The Balaban J connectivity index is 2.26. The van der Waals surface area contributed by atoms with E-state index in [-0.39, 0.29) is 24.0 Å². The van der Waals surface area contributed by atoms with Gasteiger partial charge in [0.05, 0.1) is 5.75 Å². The maximum absolute atomic E-state index is 12.1. The number of carbonyl (C=O) groups is 1. The van der Waals surface area contributed by atoms with Crippen LogP contribution in [0, 0.1) is 19.8 Å². The predicted molar refractivity (Wildman–Crippen MR) is 76.0 cm³/mol. The van der Waals surface area contributed by atoms with Gasteiger partial charge in [-0.05, 0) is 25.0 Å². The molecule has 1 fully saturated rings. The smallest absolute Gasteiger partial charge is 0.232 e. The van der Waals surface area contributed by atoms with Crippen LogP contribution in [0.1, 0.15) is 17.5 Å². The number of hydrogen-bond donors (Lipinski definition) is 0. The lowest BCUT2D eigenvalue weighted by molar-refractivity contribution is -0.117. The number of halogens is 1. The first-order chi connectivity index (χ1) is 8.78. The van der Waals surface area contributed by atoms with Crippen LogP contribution in [0.2, 0.25) is 0 Å². The molecule has 2 rings (SSSR count). The first kappa shape index (κ1) is 14.3. The molecular weight excluding hydrogens is 286 g/mol. The van der Waals surface area contributed by atoms with Gasteiger partial charge in [-0.3, -0.25) is 4.79 Å². The van der Waals surface area contributed by atoms with E-state index in [2.05, 4.69) is 0 Å². The molecule has 104 valence electrons. The summed E-state index contributed by atoms with van der Waals surface area (Å²) in [5.74, 6) is -0.418. The van der Waals surface area contributed by atoms with Crippen LogP contribution in [0.3, 0.4) is 0 Å². The minimum atomic E-state index is -3.56. The molecule has 4 nitrogen and oxygen atoms in total. The molecule has 0 spiro atoms. The second kappa shape index (κ2) is 5.13. The van der Waals surface area contributed by atoms with E-state index in [1.54, 1.807) is 4.90 Å². The summed E-state index contributed by atoms with van der Waals surface area (Å²) in [4.78, 5) is 13.7. The molecule has 0 aliphatic carbocycles. The number of rotatable bonds is 3. The van der Waals surface area contributed by atoms with Gasteiger partial charge in [-0.15, -0.1) is 0 Å². The molecule has 6 heteroatoms. The second-order valence-corrected chi connectivity index (χ2v) is 7.84. The summed E-state index contributed by atoms with van der Waals surface area (Å²) in [5, 5.41) is 0. The minimum absolute atomic E-state index is 0.0392. The Morgan fingerprint density at radius 2 is 1.89 bits per heavy atom. The second-order valence-electron chi connectivity index (χ2n) is 5.02. The van der Waals surface area contributed by atoms with Gasteiger partial charge in [0, 0.05) is 35.3 Å². The fourth-order valence-corrected chi connectivity index (χ4v) is 3.94. The van der Waals surface area contributed by atoms with Gasteiger partial charge in [0.2, 0.25) is 15.0 Å². The quantitative estimate of drug-likeness (QED) is 0.805. The molecule has 1 unspecified atom stereocenters. The largest absolute Gasteiger partial charge is 0.312 e. The number of para-hydroxylation sites is 1. The van der Waals surface area contributed by atoms with Crippen LogP contribution in [0.4, 0.5) is 5.69 Å². The third-order valence-electron chi connectivity index (χ3n) is 3.35. The monoisotopic (exact) mass is 301 g/mol. The number of amides is 1. The molecule has 1 aliphatic rings. The van der Waals surface area contributed by atoms with Crippen molar-refractivity contribution in [2.24, 2.45) is 5.92 Å². The third kappa shape index (κ3) is 3.28. The Hall–Kier alpha value is -1.07. The Morgan fingerprint density at radius 1 is 1.32 bits per heavy atom. The van der Waals surface area contributed by atoms with Crippen molar-refractivity contribution < 1.29 is 13.2 Å². The number of nitrogens with zero attached hydrogens (tertiary/aromatic N) is 1. The predicted octanol–water partition coefficient (Wildman–Crippen LogP) is 2.22. The topological polar surface area (TPSA) is 54.5 Å². The lowest BCUT2D eigenvalue weighted by Crippen LogP contribution is -2.26. The van der Waals surface area contributed by atoms with Gasteiger partial charge in [0.1, 0.15) is 0 Å². The Bertz CT molecular complexity index is 592. The zero-order valence-electron chi connectivity index (χ0n) is 10.9. The van der Waals surface area contributed by atoms with Crippen LogP contribution >= 0.6 is 10.7 Å². The van der Waals surface area contributed by atoms with Gasteiger partial charge >= 0.3 is 0 Å². The number of carbonyl (C=O) groups excluding carboxylic acids is 1. The molecule has 0 aromatic heterocycles. The molecule has 0 saturated carbocycles. The van der Waals surface area contributed by atoms with Gasteiger partial charge in [-0.25, -0.2) is 8.42 Å². The van der Waals surface area contributed by atoms with E-state index in [1.165, 1.54) is 0 Å². The van der Waals surface area contributed by atoms with Gasteiger partial charge in [-0.1, -0.05) is 18.2 Å². The molecule has 1 atom stereocenters. The minimum Gasteiger partial charge on any atom is -0.312 e. The van der Waals surface area contributed by atoms with Crippen molar-refractivity contribution in [2.75, 3.05) is 17.2 Å². The number of benzene rings is 1. The van der Waals surface area contributed by atoms with Gasteiger partial charge in [-0.2, -0.15) is 0 Å². The molecule has 0 N–H and O–H groups in total. The van der Waals surface area contributed by atoms with Gasteiger partial charge in [0.25, 0.3) is 0 Å². The maximum atomic E-state index is 12.1. The molecule has 1 amide bonds. The number of anilines is 1. The van der Waals surface area contributed by atoms with E-state index in [0.29, 0.717) is 6.54 Å². The van der Waals surface area contributed by atoms with Crippen molar-refractivity contribution in [3.05, 3.63) is 29.3 Å². The van der Waals surface area contributed by atoms with Gasteiger partial charge < -0.3 is 4.90 Å². The highest BCUT2D eigenvalue weighted by Crippen LogP contribution is 2.31. The first-order valence-electron chi connectivity index (χ1n) is 6.07. The Morgan fingerprint density at radius 3 is 2.42 bits per heavy atom. The van der Waals surface area contributed by atoms with Crippen LogP contribution in [0.5, 0.6) is 0 Å². The molecule has 1 saturated heterocycles. The summed E-state index contributed by atoms with van der Waals surface area (Å²) in [5.41, 5.74) is 2.92. The molecule has 19 heavy (non-hydrogen) atoms. The number of aryl methyl sites for hydroxylation is 2. The Labute approximate surface area is 117 Å². The lowest BCUT2D eigenvalue weighted by atomic mass is 10.1.